The summed E-state index contributed by atoms with van der Waals surface area (Å²) < 4.78 is 5.75. The number of ether oxygens (including phenoxy) is 1. The van der Waals surface area contributed by atoms with Crippen molar-refractivity contribution < 1.29 is 9.84 Å². The summed E-state index contributed by atoms with van der Waals surface area (Å²) in [4.78, 5) is 2.46. The van der Waals surface area contributed by atoms with Crippen molar-refractivity contribution in [2.45, 2.75) is 31.7 Å². The van der Waals surface area contributed by atoms with Crippen LogP contribution in [0.1, 0.15) is 31.2 Å². The Bertz CT molecular complexity index is 447. The molecule has 0 saturated carbocycles. The average molecular weight is 291 g/mol. The summed E-state index contributed by atoms with van der Waals surface area (Å²) in [5.74, 6) is 0.886. The first kappa shape index (κ1) is 15.8. The molecule has 0 aromatic heterocycles. The zero-order valence-corrected chi connectivity index (χ0v) is 12.4. The van der Waals surface area contributed by atoms with Crippen molar-refractivity contribution in [1.29, 1.82) is 5.41 Å². The first-order valence-electron chi connectivity index (χ1n) is 7.63. The zero-order valence-electron chi connectivity index (χ0n) is 12.4. The highest BCUT2D eigenvalue weighted by atomic mass is 16.5. The van der Waals surface area contributed by atoms with Gasteiger partial charge in [-0.1, -0.05) is 0 Å². The average Bonchev–Trinajstić information content (AvgIpc) is 2.93. The molecule has 5 heteroatoms. The van der Waals surface area contributed by atoms with Gasteiger partial charge in [-0.2, -0.15) is 0 Å². The van der Waals surface area contributed by atoms with Gasteiger partial charge in [0.05, 0.1) is 0 Å². The van der Waals surface area contributed by atoms with Crippen LogP contribution in [0.4, 0.5) is 0 Å². The van der Waals surface area contributed by atoms with E-state index in [0.717, 1.165) is 31.7 Å². The lowest BCUT2D eigenvalue weighted by molar-refractivity contribution is 0.180. The van der Waals surface area contributed by atoms with Gasteiger partial charge in [0.2, 0.25) is 0 Å². The zero-order chi connectivity index (χ0) is 15.1. The van der Waals surface area contributed by atoms with Crippen LogP contribution in [0.2, 0.25) is 0 Å². The number of benzene rings is 1. The van der Waals surface area contributed by atoms with E-state index < -0.39 is 0 Å². The Labute approximate surface area is 126 Å². The minimum absolute atomic E-state index is 0.0744. The highest BCUT2D eigenvalue weighted by molar-refractivity contribution is 5.94. The van der Waals surface area contributed by atoms with Gasteiger partial charge >= 0.3 is 0 Å². The van der Waals surface area contributed by atoms with Gasteiger partial charge in [0.1, 0.15) is 18.2 Å². The fraction of sp³-hybridized carbons (Fsp3) is 0.562. The number of nitrogens with zero attached hydrogens (tertiary/aromatic N) is 1. The minimum Gasteiger partial charge on any atom is -0.492 e. The summed E-state index contributed by atoms with van der Waals surface area (Å²) in [6, 6.07) is 7.91. The maximum Gasteiger partial charge on any atom is 0.122 e. The number of nitrogens with one attached hydrogen (secondary N) is 1. The van der Waals surface area contributed by atoms with E-state index in [2.05, 4.69) is 4.90 Å². The van der Waals surface area contributed by atoms with Crippen LogP contribution >= 0.6 is 0 Å². The molecule has 1 atom stereocenters. The Hall–Kier alpha value is -1.59. The van der Waals surface area contributed by atoms with Crippen LogP contribution in [0.5, 0.6) is 5.75 Å². The van der Waals surface area contributed by atoms with E-state index in [-0.39, 0.29) is 12.4 Å². The predicted octanol–water partition coefficient (Wildman–Crippen LogP) is 1.59. The summed E-state index contributed by atoms with van der Waals surface area (Å²) in [5, 5.41) is 16.3. The Morgan fingerprint density at radius 2 is 2.14 bits per heavy atom. The van der Waals surface area contributed by atoms with Crippen molar-refractivity contribution in [2.24, 2.45) is 5.73 Å². The van der Waals surface area contributed by atoms with Crippen LogP contribution in [-0.4, -0.2) is 48.2 Å². The monoisotopic (exact) mass is 291 g/mol. The van der Waals surface area contributed by atoms with Crippen LogP contribution in [0, 0.1) is 5.41 Å². The molecule has 0 amide bonds. The number of nitrogen functional groups attached to an aromatic ring is 1. The summed E-state index contributed by atoms with van der Waals surface area (Å²) in [6.07, 6.45) is 4.43. The van der Waals surface area contributed by atoms with Crippen LogP contribution in [0.3, 0.4) is 0 Å². The molecule has 0 bridgehead atoms. The van der Waals surface area contributed by atoms with Crippen molar-refractivity contribution in [2.75, 3.05) is 26.3 Å². The second-order valence-electron chi connectivity index (χ2n) is 5.48. The first-order valence-corrected chi connectivity index (χ1v) is 7.63. The largest absolute Gasteiger partial charge is 0.492 e. The van der Waals surface area contributed by atoms with Crippen molar-refractivity contribution in [1.82, 2.24) is 4.90 Å². The van der Waals surface area contributed by atoms with E-state index >= 15 is 0 Å². The Balaban J connectivity index is 1.74. The Morgan fingerprint density at radius 3 is 2.81 bits per heavy atom. The number of nitrogens with two attached hydrogens (primary N) is 1. The van der Waals surface area contributed by atoms with E-state index in [4.69, 9.17) is 21.0 Å². The lowest BCUT2D eigenvalue weighted by Crippen LogP contribution is -2.33. The fourth-order valence-electron chi connectivity index (χ4n) is 2.85. The van der Waals surface area contributed by atoms with E-state index in [0.29, 0.717) is 18.2 Å². The van der Waals surface area contributed by atoms with E-state index in [1.54, 1.807) is 12.1 Å². The third-order valence-corrected chi connectivity index (χ3v) is 4.01. The van der Waals surface area contributed by atoms with Crippen LogP contribution < -0.4 is 10.5 Å². The van der Waals surface area contributed by atoms with Crippen LogP contribution in [-0.2, 0) is 0 Å². The molecule has 5 nitrogen and oxygen atoms in total. The van der Waals surface area contributed by atoms with Crippen molar-refractivity contribution >= 4 is 5.84 Å². The number of amidine groups is 1. The van der Waals surface area contributed by atoms with Gasteiger partial charge in [0, 0.05) is 24.8 Å². The molecule has 2 rings (SSSR count). The normalized spacial score (nSPS) is 18.8. The topological polar surface area (TPSA) is 82.6 Å². The number of aliphatic hydroxyl groups excluding tert-OH is 1. The molecule has 1 unspecified atom stereocenters. The second-order valence-corrected chi connectivity index (χ2v) is 5.48. The van der Waals surface area contributed by atoms with Crippen molar-refractivity contribution in [3.8, 4) is 5.75 Å². The molecule has 1 saturated heterocycles. The molecule has 1 aromatic carbocycles. The molecule has 4 N–H and O–H groups in total. The SMILES string of the molecule is N=C(N)c1ccc(OCCN2CCCC2CCCO)cc1. The smallest absolute Gasteiger partial charge is 0.122 e. The molecule has 1 heterocycles. The molecule has 116 valence electrons. The standard InChI is InChI=1S/C16H25N3O2/c17-16(18)13-5-7-15(8-6-13)21-12-10-19-9-1-3-14(19)4-2-11-20/h5-8,14,20H,1-4,9-12H2,(H3,17,18). The van der Waals surface area contributed by atoms with Gasteiger partial charge in [-0.25, -0.2) is 0 Å². The Morgan fingerprint density at radius 1 is 1.38 bits per heavy atom. The number of rotatable bonds is 8. The van der Waals surface area contributed by atoms with Gasteiger partial charge in [-0.3, -0.25) is 10.3 Å². The van der Waals surface area contributed by atoms with E-state index in [1.165, 1.54) is 12.8 Å². The third kappa shape index (κ3) is 4.72. The minimum atomic E-state index is 0.0744. The van der Waals surface area contributed by atoms with E-state index in [1.807, 2.05) is 12.1 Å². The van der Waals surface area contributed by atoms with Gasteiger partial charge in [0.25, 0.3) is 0 Å². The molecule has 1 aromatic rings. The highest BCUT2D eigenvalue weighted by Gasteiger charge is 2.23. The van der Waals surface area contributed by atoms with Gasteiger partial charge in [-0.15, -0.1) is 0 Å². The Kier molecular flexibility index (Phi) is 6.02. The van der Waals surface area contributed by atoms with Gasteiger partial charge < -0.3 is 15.6 Å². The van der Waals surface area contributed by atoms with Crippen molar-refractivity contribution in [3.63, 3.8) is 0 Å². The quantitative estimate of drug-likeness (QED) is 0.502. The third-order valence-electron chi connectivity index (χ3n) is 4.01. The molecule has 0 spiro atoms. The molecular formula is C16H25N3O2. The maximum absolute atomic E-state index is 8.93. The number of hydrogen-bond acceptors (Lipinski definition) is 4. The molecule has 1 aliphatic rings. The lowest BCUT2D eigenvalue weighted by atomic mass is 10.1. The number of likely N-dealkylation sites (tertiary alicyclic amines) is 1. The molecule has 1 aliphatic heterocycles. The molecule has 21 heavy (non-hydrogen) atoms. The molecule has 0 aliphatic carbocycles. The summed E-state index contributed by atoms with van der Waals surface area (Å²) in [5.41, 5.74) is 6.13. The fourth-order valence-corrected chi connectivity index (χ4v) is 2.85. The second kappa shape index (κ2) is 8.00. The molecular weight excluding hydrogens is 266 g/mol. The molecule has 1 fully saturated rings. The predicted molar refractivity (Wildman–Crippen MR) is 83.9 cm³/mol. The van der Waals surface area contributed by atoms with Crippen LogP contribution in [0.15, 0.2) is 24.3 Å². The van der Waals surface area contributed by atoms with Crippen LogP contribution in [0.25, 0.3) is 0 Å². The maximum atomic E-state index is 8.93. The summed E-state index contributed by atoms with van der Waals surface area (Å²) >= 11 is 0. The highest BCUT2D eigenvalue weighted by Crippen LogP contribution is 2.21. The number of aliphatic hydroxyl groups is 1. The summed E-state index contributed by atoms with van der Waals surface area (Å²) in [6.45, 7) is 2.99. The van der Waals surface area contributed by atoms with Gasteiger partial charge in [-0.05, 0) is 56.5 Å². The van der Waals surface area contributed by atoms with Gasteiger partial charge in [0.15, 0.2) is 0 Å². The number of hydrogen-bond donors (Lipinski definition) is 3. The van der Waals surface area contributed by atoms with E-state index in [9.17, 15) is 0 Å². The molecule has 0 radical (unpaired) electrons. The van der Waals surface area contributed by atoms with Crippen molar-refractivity contribution in [3.05, 3.63) is 29.8 Å². The first-order chi connectivity index (χ1) is 10.2. The lowest BCUT2D eigenvalue weighted by Gasteiger charge is -2.24. The summed E-state index contributed by atoms with van der Waals surface area (Å²) in [7, 11) is 0.